The second-order valence-electron chi connectivity index (χ2n) is 10.1. The van der Waals surface area contributed by atoms with Crippen molar-refractivity contribution < 1.29 is 22.7 Å². The molecule has 0 bridgehead atoms. The van der Waals surface area contributed by atoms with Crippen LogP contribution in [0.2, 0.25) is 0 Å². The van der Waals surface area contributed by atoms with Gasteiger partial charge < -0.3 is 15.0 Å². The van der Waals surface area contributed by atoms with Crippen molar-refractivity contribution in [3.8, 4) is 5.75 Å². The summed E-state index contributed by atoms with van der Waals surface area (Å²) in [5.74, 6) is -0.552. The lowest BCUT2D eigenvalue weighted by Gasteiger charge is -2.34. The molecule has 0 aromatic heterocycles. The molecule has 0 aliphatic heterocycles. The quantitative estimate of drug-likeness (QED) is 0.234. The number of carbonyl (C=O) groups excluding carboxylic acids is 2. The molecule has 1 N–H and O–H groups in total. The first-order valence-electron chi connectivity index (χ1n) is 14.1. The predicted molar refractivity (Wildman–Crippen MR) is 168 cm³/mol. The van der Waals surface area contributed by atoms with Crippen molar-refractivity contribution in [2.45, 2.75) is 37.8 Å². The fourth-order valence-electron chi connectivity index (χ4n) is 4.81. The van der Waals surface area contributed by atoms with E-state index in [4.69, 9.17) is 4.74 Å². The Morgan fingerprint density at radius 1 is 0.814 bits per heavy atom. The number of methoxy groups -OCH3 is 1. The second kappa shape index (κ2) is 14.5. The van der Waals surface area contributed by atoms with Crippen LogP contribution in [-0.4, -0.2) is 51.4 Å². The average molecular weight is 600 g/mol. The molecule has 2 amide bonds. The first-order valence-corrected chi connectivity index (χ1v) is 15.6. The largest absolute Gasteiger partial charge is 0.495 e. The first-order chi connectivity index (χ1) is 20.7. The summed E-state index contributed by atoms with van der Waals surface area (Å²) < 4.78 is 34.7. The number of anilines is 1. The van der Waals surface area contributed by atoms with E-state index >= 15 is 0 Å². The number of aryl methyl sites for hydroxylation is 1. The minimum Gasteiger partial charge on any atom is -0.495 e. The number of amides is 2. The highest BCUT2D eigenvalue weighted by molar-refractivity contribution is 7.92. The van der Waals surface area contributed by atoms with Gasteiger partial charge in [0.2, 0.25) is 11.8 Å². The number of nitrogens with zero attached hydrogens (tertiary/aromatic N) is 2. The van der Waals surface area contributed by atoms with Gasteiger partial charge in [-0.3, -0.25) is 13.9 Å². The van der Waals surface area contributed by atoms with Crippen molar-refractivity contribution in [2.75, 3.05) is 24.5 Å². The number of nitrogens with one attached hydrogen (secondary N) is 1. The van der Waals surface area contributed by atoms with Gasteiger partial charge in [-0.2, -0.15) is 0 Å². The third-order valence-electron chi connectivity index (χ3n) is 7.06. The minimum atomic E-state index is -4.20. The van der Waals surface area contributed by atoms with Crippen molar-refractivity contribution >= 4 is 27.5 Å². The summed E-state index contributed by atoms with van der Waals surface area (Å²) in [6.45, 7) is 3.73. The Kier molecular flexibility index (Phi) is 10.6. The van der Waals surface area contributed by atoms with Crippen LogP contribution in [0.5, 0.6) is 5.75 Å². The fraction of sp³-hybridized carbons (Fsp3) is 0.235. The molecule has 4 aromatic carbocycles. The molecular formula is C34H37N3O5S. The smallest absolute Gasteiger partial charge is 0.264 e. The van der Waals surface area contributed by atoms with Gasteiger partial charge in [0.1, 0.15) is 18.3 Å². The van der Waals surface area contributed by atoms with E-state index in [9.17, 15) is 18.0 Å². The molecule has 1 unspecified atom stereocenters. The van der Waals surface area contributed by atoms with Crippen LogP contribution >= 0.6 is 0 Å². The van der Waals surface area contributed by atoms with Gasteiger partial charge in [-0.15, -0.1) is 0 Å². The van der Waals surface area contributed by atoms with E-state index in [-0.39, 0.29) is 29.5 Å². The van der Waals surface area contributed by atoms with Crippen molar-refractivity contribution in [3.05, 3.63) is 126 Å². The van der Waals surface area contributed by atoms with Crippen LogP contribution in [0.3, 0.4) is 0 Å². The summed E-state index contributed by atoms with van der Waals surface area (Å²) in [7, 11) is -2.76. The maximum absolute atomic E-state index is 14.4. The van der Waals surface area contributed by atoms with Crippen molar-refractivity contribution in [1.82, 2.24) is 10.2 Å². The number of hydrogen-bond acceptors (Lipinski definition) is 5. The fourth-order valence-corrected chi connectivity index (χ4v) is 6.25. The standard InChI is InChI=1S/C34H37N3O5S/c1-4-35-34(39)31(23-27-13-7-5-8-14-27)36(24-28-21-19-26(2)20-22-28)33(38)25-37(30-17-11-12-18-32(30)42-3)43(40,41)29-15-9-6-10-16-29/h5-22,31H,4,23-25H2,1-3H3,(H,35,39). The van der Waals surface area contributed by atoms with Crippen LogP contribution in [0.15, 0.2) is 114 Å². The number of hydrogen-bond donors (Lipinski definition) is 1. The number of benzene rings is 4. The summed E-state index contributed by atoms with van der Waals surface area (Å²) >= 11 is 0. The molecule has 0 aliphatic rings. The molecular weight excluding hydrogens is 562 g/mol. The lowest BCUT2D eigenvalue weighted by atomic mass is 10.0. The number of sulfonamides is 1. The zero-order chi connectivity index (χ0) is 30.8. The third-order valence-corrected chi connectivity index (χ3v) is 8.83. The molecule has 0 spiro atoms. The van der Waals surface area contributed by atoms with Crippen molar-refractivity contribution in [1.29, 1.82) is 0 Å². The Morgan fingerprint density at radius 2 is 1.42 bits per heavy atom. The SMILES string of the molecule is CCNC(=O)C(Cc1ccccc1)N(Cc1ccc(C)cc1)C(=O)CN(c1ccccc1OC)S(=O)(=O)c1ccccc1. The van der Waals surface area contributed by atoms with E-state index in [2.05, 4.69) is 5.32 Å². The average Bonchev–Trinajstić information content (AvgIpc) is 3.03. The Balaban J connectivity index is 1.81. The molecule has 224 valence electrons. The molecule has 8 nitrogen and oxygen atoms in total. The molecule has 43 heavy (non-hydrogen) atoms. The van der Waals surface area contributed by atoms with E-state index in [1.165, 1.54) is 24.1 Å². The molecule has 0 saturated heterocycles. The van der Waals surface area contributed by atoms with E-state index in [1.807, 2.05) is 68.4 Å². The predicted octanol–water partition coefficient (Wildman–Crippen LogP) is 4.98. The summed E-state index contributed by atoms with van der Waals surface area (Å²) in [4.78, 5) is 29.5. The topological polar surface area (TPSA) is 96.0 Å². The molecule has 0 fully saturated rings. The van der Waals surface area contributed by atoms with Crippen LogP contribution in [0, 0.1) is 6.92 Å². The molecule has 0 heterocycles. The van der Waals surface area contributed by atoms with Gasteiger partial charge in [0.15, 0.2) is 0 Å². The summed E-state index contributed by atoms with van der Waals surface area (Å²) in [6, 6.07) is 30.9. The number of likely N-dealkylation sites (N-methyl/N-ethyl adjacent to an activating group) is 1. The first kappa shape index (κ1) is 31.3. The van der Waals surface area contributed by atoms with Crippen molar-refractivity contribution in [3.63, 3.8) is 0 Å². The highest BCUT2D eigenvalue weighted by Crippen LogP contribution is 2.32. The molecule has 1 atom stereocenters. The van der Waals surface area contributed by atoms with Gasteiger partial charge in [-0.1, -0.05) is 90.5 Å². The third kappa shape index (κ3) is 7.81. The van der Waals surface area contributed by atoms with Crippen LogP contribution in [0.25, 0.3) is 0 Å². The molecule has 0 saturated carbocycles. The number of ether oxygens (including phenoxy) is 1. The highest BCUT2D eigenvalue weighted by atomic mass is 32.2. The molecule has 0 aliphatic carbocycles. The number of rotatable bonds is 13. The molecule has 0 radical (unpaired) electrons. The van der Waals surface area contributed by atoms with E-state index in [1.54, 1.807) is 42.5 Å². The summed E-state index contributed by atoms with van der Waals surface area (Å²) in [5, 5.41) is 2.87. The maximum atomic E-state index is 14.4. The zero-order valence-corrected chi connectivity index (χ0v) is 25.5. The van der Waals surface area contributed by atoms with Crippen LogP contribution < -0.4 is 14.4 Å². The highest BCUT2D eigenvalue weighted by Gasteiger charge is 2.35. The minimum absolute atomic E-state index is 0.0309. The van der Waals surface area contributed by atoms with Gasteiger partial charge in [0, 0.05) is 19.5 Å². The summed E-state index contributed by atoms with van der Waals surface area (Å²) in [5.41, 5.74) is 2.97. The van der Waals surface area contributed by atoms with E-state index in [0.29, 0.717) is 12.3 Å². The maximum Gasteiger partial charge on any atom is 0.264 e. The second-order valence-corrected chi connectivity index (χ2v) is 12.0. The number of carbonyl (C=O) groups is 2. The molecule has 4 aromatic rings. The normalized spacial score (nSPS) is 11.8. The van der Waals surface area contributed by atoms with Crippen LogP contribution in [0.1, 0.15) is 23.6 Å². The Morgan fingerprint density at radius 3 is 2.05 bits per heavy atom. The molecule has 4 rings (SSSR count). The van der Waals surface area contributed by atoms with Crippen LogP contribution in [-0.2, 0) is 32.6 Å². The van der Waals surface area contributed by atoms with Gasteiger partial charge in [0.05, 0.1) is 17.7 Å². The Labute approximate surface area is 254 Å². The monoisotopic (exact) mass is 599 g/mol. The lowest BCUT2D eigenvalue weighted by Crippen LogP contribution is -2.53. The van der Waals surface area contributed by atoms with Gasteiger partial charge in [-0.25, -0.2) is 8.42 Å². The van der Waals surface area contributed by atoms with Gasteiger partial charge >= 0.3 is 0 Å². The van der Waals surface area contributed by atoms with Crippen LogP contribution in [0.4, 0.5) is 5.69 Å². The Hall–Kier alpha value is -4.63. The lowest BCUT2D eigenvalue weighted by molar-refractivity contribution is -0.140. The zero-order valence-electron chi connectivity index (χ0n) is 24.6. The van der Waals surface area contributed by atoms with E-state index in [0.717, 1.165) is 21.0 Å². The van der Waals surface area contributed by atoms with Crippen molar-refractivity contribution in [2.24, 2.45) is 0 Å². The van der Waals surface area contributed by atoms with Gasteiger partial charge in [0.25, 0.3) is 10.0 Å². The molecule has 9 heteroatoms. The van der Waals surface area contributed by atoms with E-state index < -0.39 is 28.5 Å². The Bertz CT molecular complexity index is 1610. The summed E-state index contributed by atoms with van der Waals surface area (Å²) in [6.07, 6.45) is 0.254. The number of para-hydroxylation sites is 2. The van der Waals surface area contributed by atoms with Gasteiger partial charge in [-0.05, 0) is 49.2 Å².